The van der Waals surface area contributed by atoms with Crippen LogP contribution in [-0.4, -0.2) is 25.9 Å². The van der Waals surface area contributed by atoms with Gasteiger partial charge >= 0.3 is 12.1 Å². The van der Waals surface area contributed by atoms with Crippen molar-refractivity contribution in [3.63, 3.8) is 0 Å². The lowest BCUT2D eigenvalue weighted by molar-refractivity contribution is -0.140. The molecule has 1 heterocycles. The molecule has 1 aromatic heterocycles. The predicted molar refractivity (Wildman–Crippen MR) is 84.3 cm³/mol. The zero-order chi connectivity index (χ0) is 18.4. The highest BCUT2D eigenvalue weighted by atomic mass is 19.4. The van der Waals surface area contributed by atoms with E-state index in [1.165, 1.54) is 25.3 Å². The molecule has 0 unspecified atom stereocenters. The Kier molecular flexibility index (Phi) is 5.84. The third-order valence-corrected chi connectivity index (χ3v) is 3.46. The number of hydrogen-bond donors (Lipinski definition) is 1. The molecule has 0 amide bonds. The maximum Gasteiger partial charge on any atom is 0.416 e. The van der Waals surface area contributed by atoms with Crippen molar-refractivity contribution in [3.8, 4) is 11.3 Å². The molecule has 0 fully saturated rings. The van der Waals surface area contributed by atoms with Gasteiger partial charge in [0.25, 0.3) is 0 Å². The fourth-order valence-corrected chi connectivity index (χ4v) is 2.20. The average molecular weight is 355 g/mol. The first-order chi connectivity index (χ1) is 11.8. The Morgan fingerprint density at radius 3 is 2.64 bits per heavy atom. The van der Waals surface area contributed by atoms with Crippen molar-refractivity contribution >= 4 is 17.9 Å². The Morgan fingerprint density at radius 1 is 1.28 bits per heavy atom. The number of halogens is 3. The van der Waals surface area contributed by atoms with Gasteiger partial charge in [-0.3, -0.25) is 9.59 Å². The smallest absolute Gasteiger partial charge is 0.416 e. The quantitative estimate of drug-likeness (QED) is 0.459. The lowest BCUT2D eigenvalue weighted by Crippen LogP contribution is -2.09. The van der Waals surface area contributed by atoms with Gasteiger partial charge in [0.1, 0.15) is 5.76 Å². The number of alkyl halides is 3. The number of anilines is 1. The number of methoxy groups -OCH3 is 1. The summed E-state index contributed by atoms with van der Waals surface area (Å²) >= 11 is 0. The molecule has 5 nitrogen and oxygen atoms in total. The lowest BCUT2D eigenvalue weighted by atomic mass is 10.1. The van der Waals surface area contributed by atoms with Gasteiger partial charge in [-0.15, -0.1) is 0 Å². The van der Waals surface area contributed by atoms with E-state index in [1.54, 1.807) is 0 Å². The fraction of sp³-hybridized carbons (Fsp3) is 0.294. The van der Waals surface area contributed by atoms with E-state index in [4.69, 9.17) is 4.42 Å². The molecule has 0 spiro atoms. The van der Waals surface area contributed by atoms with Crippen molar-refractivity contribution in [3.05, 3.63) is 41.7 Å². The van der Waals surface area contributed by atoms with Crippen molar-refractivity contribution in [2.24, 2.45) is 0 Å². The summed E-state index contributed by atoms with van der Waals surface area (Å²) < 4.78 is 48.7. The summed E-state index contributed by atoms with van der Waals surface area (Å²) in [6, 6.07) is 6.01. The third-order valence-electron chi connectivity index (χ3n) is 3.46. The fourth-order valence-electron chi connectivity index (χ4n) is 2.20. The highest BCUT2D eigenvalue weighted by Gasteiger charge is 2.31. The number of furan rings is 1. The molecule has 0 radical (unpaired) electrons. The van der Waals surface area contributed by atoms with Crippen LogP contribution in [0.3, 0.4) is 0 Å². The first-order valence-corrected chi connectivity index (χ1v) is 7.42. The van der Waals surface area contributed by atoms with Crippen LogP contribution in [0.2, 0.25) is 0 Å². The number of benzene rings is 1. The molecule has 2 rings (SSSR count). The molecule has 0 saturated carbocycles. The zero-order valence-electron chi connectivity index (χ0n) is 13.4. The summed E-state index contributed by atoms with van der Waals surface area (Å²) in [6.45, 7) is 0.356. The Morgan fingerprint density at radius 2 is 2.04 bits per heavy atom. The topological polar surface area (TPSA) is 68.5 Å². The van der Waals surface area contributed by atoms with Gasteiger partial charge in [0.05, 0.1) is 12.7 Å². The van der Waals surface area contributed by atoms with Gasteiger partial charge < -0.3 is 14.5 Å². The molecular weight excluding hydrogens is 339 g/mol. The van der Waals surface area contributed by atoms with Crippen LogP contribution in [0.15, 0.2) is 34.7 Å². The number of carbonyl (C=O) groups excluding carboxylic acids is 2. The van der Waals surface area contributed by atoms with Crippen LogP contribution in [-0.2, 0) is 15.7 Å². The van der Waals surface area contributed by atoms with Crippen LogP contribution in [0.1, 0.15) is 29.0 Å². The summed E-state index contributed by atoms with van der Waals surface area (Å²) in [7, 11) is 1.28. The molecule has 8 heteroatoms. The van der Waals surface area contributed by atoms with Gasteiger partial charge in [-0.1, -0.05) is 0 Å². The first kappa shape index (κ1) is 18.6. The zero-order valence-corrected chi connectivity index (χ0v) is 13.4. The van der Waals surface area contributed by atoms with E-state index < -0.39 is 11.7 Å². The van der Waals surface area contributed by atoms with Gasteiger partial charge in [0.2, 0.25) is 0 Å². The minimum atomic E-state index is -4.50. The predicted octanol–water partition coefficient (Wildman–Crippen LogP) is 4.14. The number of rotatable bonds is 7. The molecule has 0 bridgehead atoms. The molecule has 0 aliphatic carbocycles. The van der Waals surface area contributed by atoms with Gasteiger partial charge in [0, 0.05) is 24.2 Å². The first-order valence-electron chi connectivity index (χ1n) is 7.42. The lowest BCUT2D eigenvalue weighted by Gasteiger charge is -2.14. The number of aldehydes is 1. The Balaban J connectivity index is 2.25. The van der Waals surface area contributed by atoms with E-state index in [1.807, 2.05) is 0 Å². The molecular formula is C17H16F3NO4. The number of carbonyl (C=O) groups is 2. The Bertz CT molecular complexity index is 753. The van der Waals surface area contributed by atoms with Crippen molar-refractivity contribution in [2.75, 3.05) is 19.0 Å². The summed E-state index contributed by atoms with van der Waals surface area (Å²) in [5.41, 5.74) is -0.239. The maximum atomic E-state index is 13.0. The van der Waals surface area contributed by atoms with Crippen LogP contribution in [0.5, 0.6) is 0 Å². The number of hydrogen-bond acceptors (Lipinski definition) is 5. The van der Waals surface area contributed by atoms with Crippen molar-refractivity contribution in [1.82, 2.24) is 0 Å². The minimum Gasteiger partial charge on any atom is -0.469 e. The molecule has 0 saturated heterocycles. The average Bonchev–Trinajstić information content (AvgIpc) is 3.06. The van der Waals surface area contributed by atoms with Crippen molar-refractivity contribution < 1.29 is 31.9 Å². The maximum absolute atomic E-state index is 13.0. The molecule has 0 aliphatic rings. The van der Waals surface area contributed by atoms with E-state index in [2.05, 4.69) is 10.1 Å². The van der Waals surface area contributed by atoms with E-state index >= 15 is 0 Å². The summed E-state index contributed by atoms with van der Waals surface area (Å²) in [5, 5.41) is 2.97. The van der Waals surface area contributed by atoms with Gasteiger partial charge in [-0.25, -0.2) is 0 Å². The van der Waals surface area contributed by atoms with Crippen LogP contribution < -0.4 is 5.32 Å². The number of nitrogens with one attached hydrogen (secondary N) is 1. The Labute approximate surface area is 141 Å². The second kappa shape index (κ2) is 7.87. The van der Waals surface area contributed by atoms with E-state index in [-0.39, 0.29) is 29.5 Å². The second-order valence-corrected chi connectivity index (χ2v) is 5.18. The molecule has 0 atom stereocenters. The standard InChI is InChI=1S/C17H16F3NO4/c1-24-16(23)3-2-8-21-14-6-4-11(17(18,19)20)9-13(14)15-7-5-12(10-22)25-15/h4-7,9-10,21H,2-3,8H2,1H3. The Hall–Kier alpha value is -2.77. The normalized spacial score (nSPS) is 11.2. The molecule has 134 valence electrons. The summed E-state index contributed by atoms with van der Waals surface area (Å²) in [6.07, 6.45) is -3.39. The molecule has 2 aromatic rings. The van der Waals surface area contributed by atoms with Crippen LogP contribution in [0, 0.1) is 0 Å². The van der Waals surface area contributed by atoms with Crippen LogP contribution >= 0.6 is 0 Å². The van der Waals surface area contributed by atoms with Crippen LogP contribution in [0.25, 0.3) is 11.3 Å². The monoisotopic (exact) mass is 355 g/mol. The summed E-state index contributed by atoms with van der Waals surface area (Å²) in [4.78, 5) is 21.8. The molecule has 25 heavy (non-hydrogen) atoms. The number of esters is 1. The van der Waals surface area contributed by atoms with E-state index in [0.29, 0.717) is 24.9 Å². The van der Waals surface area contributed by atoms with Crippen molar-refractivity contribution in [1.29, 1.82) is 0 Å². The molecule has 1 aromatic carbocycles. The van der Waals surface area contributed by atoms with E-state index in [9.17, 15) is 22.8 Å². The minimum absolute atomic E-state index is 0.0176. The third kappa shape index (κ3) is 4.85. The second-order valence-electron chi connectivity index (χ2n) is 5.18. The molecule has 0 aliphatic heterocycles. The highest BCUT2D eigenvalue weighted by Crippen LogP contribution is 2.36. The van der Waals surface area contributed by atoms with Gasteiger partial charge in [-0.2, -0.15) is 13.2 Å². The van der Waals surface area contributed by atoms with Crippen molar-refractivity contribution in [2.45, 2.75) is 19.0 Å². The summed E-state index contributed by atoms with van der Waals surface area (Å²) in [5.74, 6) is -0.205. The van der Waals surface area contributed by atoms with Gasteiger partial charge in [0.15, 0.2) is 12.0 Å². The van der Waals surface area contributed by atoms with Gasteiger partial charge in [-0.05, 0) is 36.8 Å². The molecule has 1 N–H and O–H groups in total. The van der Waals surface area contributed by atoms with E-state index in [0.717, 1.165) is 12.1 Å². The SMILES string of the molecule is COC(=O)CCCNc1ccc(C(F)(F)F)cc1-c1ccc(C=O)o1. The number of ether oxygens (including phenoxy) is 1. The largest absolute Gasteiger partial charge is 0.469 e. The van der Waals surface area contributed by atoms with Crippen LogP contribution in [0.4, 0.5) is 18.9 Å². The highest BCUT2D eigenvalue weighted by molar-refractivity contribution is 5.78.